The van der Waals surface area contributed by atoms with Crippen LogP contribution in [0.2, 0.25) is 0 Å². The molecule has 3 aliphatic rings. The SMILES string of the molecule is Cc1ccc(-n2nc(C(=O)N3CCC4(CC3)CC4C(=O)O)c3c2CCC3)c(F)c1. The summed E-state index contributed by atoms with van der Waals surface area (Å²) in [6.07, 6.45) is 4.68. The van der Waals surface area contributed by atoms with Gasteiger partial charge in [-0.2, -0.15) is 5.10 Å². The number of amides is 1. The molecule has 1 saturated heterocycles. The monoisotopic (exact) mass is 397 g/mol. The van der Waals surface area contributed by atoms with Crippen molar-refractivity contribution < 1.29 is 19.1 Å². The number of carboxylic acids is 1. The Bertz CT molecular complexity index is 1020. The van der Waals surface area contributed by atoms with Gasteiger partial charge in [-0.25, -0.2) is 9.07 Å². The third-order valence-electron chi connectivity index (χ3n) is 7.00. The third-order valence-corrected chi connectivity index (χ3v) is 7.00. The van der Waals surface area contributed by atoms with Crippen molar-refractivity contribution in [3.8, 4) is 5.69 Å². The van der Waals surface area contributed by atoms with E-state index in [9.17, 15) is 19.1 Å². The molecule has 2 aromatic rings. The van der Waals surface area contributed by atoms with Crippen molar-refractivity contribution in [3.05, 3.63) is 46.5 Å². The van der Waals surface area contributed by atoms with Gasteiger partial charge in [-0.15, -0.1) is 0 Å². The summed E-state index contributed by atoms with van der Waals surface area (Å²) in [5.41, 5.74) is 3.40. The topological polar surface area (TPSA) is 75.4 Å². The maximum absolute atomic E-state index is 14.6. The molecule has 1 aromatic heterocycles. The number of carbonyl (C=O) groups is 2. The number of fused-ring (bicyclic) bond motifs is 1. The number of halogens is 1. The summed E-state index contributed by atoms with van der Waals surface area (Å²) in [6.45, 7) is 2.96. The molecule has 1 aliphatic heterocycles. The van der Waals surface area contributed by atoms with E-state index in [1.807, 2.05) is 13.0 Å². The quantitative estimate of drug-likeness (QED) is 0.863. The average molecular weight is 397 g/mol. The van der Waals surface area contributed by atoms with E-state index in [4.69, 9.17) is 0 Å². The maximum atomic E-state index is 14.6. The highest BCUT2D eigenvalue weighted by molar-refractivity contribution is 5.94. The van der Waals surface area contributed by atoms with Crippen LogP contribution >= 0.6 is 0 Å². The first-order valence-corrected chi connectivity index (χ1v) is 10.3. The van der Waals surface area contributed by atoms with Gasteiger partial charge in [0.1, 0.15) is 11.5 Å². The van der Waals surface area contributed by atoms with Crippen LogP contribution in [-0.4, -0.2) is 44.8 Å². The van der Waals surface area contributed by atoms with Crippen LogP contribution in [0.4, 0.5) is 4.39 Å². The average Bonchev–Trinajstić information content (AvgIpc) is 3.02. The van der Waals surface area contributed by atoms with Crippen LogP contribution in [0.15, 0.2) is 18.2 Å². The van der Waals surface area contributed by atoms with Gasteiger partial charge in [0, 0.05) is 24.3 Å². The predicted octanol–water partition coefficient (Wildman–Crippen LogP) is 3.14. The van der Waals surface area contributed by atoms with Gasteiger partial charge in [0.15, 0.2) is 5.69 Å². The number of likely N-dealkylation sites (tertiary alicyclic amines) is 1. The van der Waals surface area contributed by atoms with Crippen molar-refractivity contribution in [2.24, 2.45) is 11.3 Å². The fourth-order valence-corrected chi connectivity index (χ4v) is 5.15. The lowest BCUT2D eigenvalue weighted by Crippen LogP contribution is -2.40. The van der Waals surface area contributed by atoms with Gasteiger partial charge in [-0.1, -0.05) is 6.07 Å². The van der Waals surface area contributed by atoms with E-state index >= 15 is 0 Å². The Balaban J connectivity index is 1.41. The van der Waals surface area contributed by atoms with Crippen molar-refractivity contribution in [2.45, 2.75) is 45.4 Å². The van der Waals surface area contributed by atoms with Crippen LogP contribution in [0, 0.1) is 24.1 Å². The number of aliphatic carboxylic acids is 1. The Labute approximate surface area is 168 Å². The molecule has 2 aliphatic carbocycles. The molecule has 29 heavy (non-hydrogen) atoms. The number of aromatic nitrogens is 2. The number of hydrogen-bond donors (Lipinski definition) is 1. The molecule has 1 atom stereocenters. The number of carboxylic acid groups (broad SMARTS) is 1. The highest BCUT2D eigenvalue weighted by atomic mass is 19.1. The molecule has 0 radical (unpaired) electrons. The number of piperidine rings is 1. The second-order valence-electron chi connectivity index (χ2n) is 8.74. The number of aryl methyl sites for hydroxylation is 1. The third kappa shape index (κ3) is 2.86. The zero-order valence-corrected chi connectivity index (χ0v) is 16.4. The van der Waals surface area contributed by atoms with Crippen LogP contribution in [0.3, 0.4) is 0 Å². The molecular weight excluding hydrogens is 373 g/mol. The summed E-state index contributed by atoms with van der Waals surface area (Å²) < 4.78 is 16.2. The molecule has 1 aromatic carbocycles. The molecule has 6 nitrogen and oxygen atoms in total. The highest BCUT2D eigenvalue weighted by Gasteiger charge is 2.59. The van der Waals surface area contributed by atoms with Gasteiger partial charge in [-0.05, 0) is 68.6 Å². The Morgan fingerprint density at radius 2 is 2.00 bits per heavy atom. The molecule has 152 valence electrons. The highest BCUT2D eigenvalue weighted by Crippen LogP contribution is 2.59. The number of benzene rings is 1. The van der Waals surface area contributed by atoms with Crippen LogP contribution in [0.1, 0.15) is 53.0 Å². The minimum atomic E-state index is -0.721. The molecule has 2 heterocycles. The van der Waals surface area contributed by atoms with E-state index in [1.165, 1.54) is 6.07 Å². The van der Waals surface area contributed by atoms with E-state index < -0.39 is 5.97 Å². The van der Waals surface area contributed by atoms with Gasteiger partial charge >= 0.3 is 5.97 Å². The van der Waals surface area contributed by atoms with Crippen LogP contribution in [0.5, 0.6) is 0 Å². The Kier molecular flexibility index (Phi) is 4.05. The molecule has 7 heteroatoms. The zero-order chi connectivity index (χ0) is 20.3. The molecule has 1 spiro atoms. The minimum Gasteiger partial charge on any atom is -0.481 e. The van der Waals surface area contributed by atoms with Crippen LogP contribution in [0.25, 0.3) is 5.69 Å². The molecule has 1 saturated carbocycles. The zero-order valence-electron chi connectivity index (χ0n) is 16.4. The smallest absolute Gasteiger partial charge is 0.307 e. The summed E-state index contributed by atoms with van der Waals surface area (Å²) in [4.78, 5) is 26.3. The lowest BCUT2D eigenvalue weighted by atomic mass is 9.90. The van der Waals surface area contributed by atoms with Crippen molar-refractivity contribution in [1.82, 2.24) is 14.7 Å². The van der Waals surface area contributed by atoms with Gasteiger partial charge in [-0.3, -0.25) is 9.59 Å². The molecule has 5 rings (SSSR count). The van der Waals surface area contributed by atoms with E-state index in [0.717, 1.165) is 55.3 Å². The summed E-state index contributed by atoms with van der Waals surface area (Å²) in [5.74, 6) is -1.43. The second-order valence-corrected chi connectivity index (χ2v) is 8.74. The summed E-state index contributed by atoms with van der Waals surface area (Å²) in [7, 11) is 0. The number of nitrogens with zero attached hydrogens (tertiary/aromatic N) is 3. The van der Waals surface area contributed by atoms with Crippen LogP contribution < -0.4 is 0 Å². The summed E-state index contributed by atoms with van der Waals surface area (Å²) in [6, 6.07) is 5.05. The minimum absolute atomic E-state index is 0.114. The van der Waals surface area contributed by atoms with E-state index in [2.05, 4.69) is 5.10 Å². The molecular formula is C22H24FN3O3. The molecule has 1 unspecified atom stereocenters. The number of hydrogen-bond acceptors (Lipinski definition) is 3. The Morgan fingerprint density at radius 1 is 1.24 bits per heavy atom. The first kappa shape index (κ1) is 18.3. The lowest BCUT2D eigenvalue weighted by molar-refractivity contribution is -0.139. The van der Waals surface area contributed by atoms with Crippen molar-refractivity contribution >= 4 is 11.9 Å². The Morgan fingerprint density at radius 3 is 2.66 bits per heavy atom. The van der Waals surface area contributed by atoms with Gasteiger partial charge in [0.25, 0.3) is 5.91 Å². The number of carbonyl (C=O) groups excluding carboxylic acids is 1. The van der Waals surface area contributed by atoms with E-state index in [0.29, 0.717) is 24.5 Å². The van der Waals surface area contributed by atoms with Gasteiger partial charge in [0.05, 0.1) is 5.92 Å². The van der Waals surface area contributed by atoms with Gasteiger partial charge < -0.3 is 10.0 Å². The van der Waals surface area contributed by atoms with E-state index in [1.54, 1.807) is 15.6 Å². The first-order chi connectivity index (χ1) is 13.9. The molecule has 1 amide bonds. The fraction of sp³-hybridized carbons (Fsp3) is 0.500. The van der Waals surface area contributed by atoms with Crippen molar-refractivity contribution in [1.29, 1.82) is 0 Å². The molecule has 1 N–H and O–H groups in total. The lowest BCUT2D eigenvalue weighted by Gasteiger charge is -2.32. The standard InChI is InChI=1S/C22H24FN3O3/c1-13-5-6-18(16(23)11-13)26-17-4-2-3-14(17)19(24-26)20(27)25-9-7-22(8-10-25)12-15(22)21(28)29/h5-6,11,15H,2-4,7-10,12H2,1H3,(H,28,29). The first-order valence-electron chi connectivity index (χ1n) is 10.3. The van der Waals surface area contributed by atoms with E-state index in [-0.39, 0.29) is 23.1 Å². The summed E-state index contributed by atoms with van der Waals surface area (Å²) >= 11 is 0. The molecule has 0 bridgehead atoms. The normalized spacial score (nSPS) is 22.0. The van der Waals surface area contributed by atoms with Crippen molar-refractivity contribution in [3.63, 3.8) is 0 Å². The predicted molar refractivity (Wildman–Crippen MR) is 104 cm³/mol. The van der Waals surface area contributed by atoms with Gasteiger partial charge in [0.2, 0.25) is 0 Å². The van der Waals surface area contributed by atoms with Crippen molar-refractivity contribution in [2.75, 3.05) is 13.1 Å². The molecule has 2 fully saturated rings. The van der Waals surface area contributed by atoms with Crippen LogP contribution in [-0.2, 0) is 17.6 Å². The fourth-order valence-electron chi connectivity index (χ4n) is 5.15. The Hall–Kier alpha value is -2.70. The summed E-state index contributed by atoms with van der Waals surface area (Å²) in [5, 5.41) is 13.8. The largest absolute Gasteiger partial charge is 0.481 e. The number of rotatable bonds is 3. The maximum Gasteiger partial charge on any atom is 0.307 e. The second kappa shape index (κ2) is 6.40.